The lowest BCUT2D eigenvalue weighted by atomic mass is 10.2. The molecule has 2 rings (SSSR count). The molecule has 1 aliphatic heterocycles. The third kappa shape index (κ3) is 4.43. The quantitative estimate of drug-likeness (QED) is 0.484. The maximum atomic E-state index is 13.0. The van der Waals surface area contributed by atoms with Gasteiger partial charge in [-0.2, -0.15) is 0 Å². The average molecular weight is 510 g/mol. The highest BCUT2D eigenvalue weighted by Crippen LogP contribution is 2.39. The molecule has 0 radical (unpaired) electrons. The number of carbonyl (C=O) groups is 2. The Labute approximate surface area is 172 Å². The minimum Gasteiger partial charge on any atom is -0.467 e. The summed E-state index contributed by atoms with van der Waals surface area (Å²) in [5.41, 5.74) is 0.408. The molecular formula is C17H26Br2N2O4Si. The number of nitrogens with one attached hydrogen (secondary N) is 1. The van der Waals surface area contributed by atoms with Crippen LogP contribution in [0, 0.1) is 0 Å². The summed E-state index contributed by atoms with van der Waals surface area (Å²) in [5.74, 6) is -0.655. The van der Waals surface area contributed by atoms with E-state index >= 15 is 0 Å². The fourth-order valence-corrected chi connectivity index (χ4v) is 4.75. The molecule has 0 spiro atoms. The van der Waals surface area contributed by atoms with E-state index in [0.29, 0.717) is 23.3 Å². The minimum absolute atomic E-state index is 0.0559. The molecule has 0 saturated carbocycles. The van der Waals surface area contributed by atoms with Crippen molar-refractivity contribution >= 4 is 52.1 Å². The van der Waals surface area contributed by atoms with Crippen LogP contribution in [-0.2, 0) is 14.0 Å². The number of nitrogens with zero attached hydrogens (tertiary/aromatic N) is 1. The van der Waals surface area contributed by atoms with Crippen LogP contribution in [0.15, 0.2) is 15.1 Å². The predicted octanol–water partition coefficient (Wildman–Crippen LogP) is 4.32. The molecule has 2 heterocycles. The van der Waals surface area contributed by atoms with Gasteiger partial charge in [-0.05, 0) is 56.1 Å². The zero-order valence-corrected chi connectivity index (χ0v) is 20.2. The van der Waals surface area contributed by atoms with Gasteiger partial charge in [-0.3, -0.25) is 4.79 Å². The van der Waals surface area contributed by atoms with Crippen molar-refractivity contribution in [1.29, 1.82) is 0 Å². The van der Waals surface area contributed by atoms with Gasteiger partial charge >= 0.3 is 5.97 Å². The van der Waals surface area contributed by atoms with Crippen LogP contribution in [0.3, 0.4) is 0 Å². The summed E-state index contributed by atoms with van der Waals surface area (Å²) in [6.07, 6.45) is 0.277. The van der Waals surface area contributed by atoms with Crippen molar-refractivity contribution in [2.75, 3.05) is 13.7 Å². The minimum atomic E-state index is -2.01. The average Bonchev–Trinajstić information content (AvgIpc) is 3.08. The zero-order valence-electron chi connectivity index (χ0n) is 16.0. The van der Waals surface area contributed by atoms with E-state index in [4.69, 9.17) is 9.16 Å². The number of rotatable bonds is 4. The monoisotopic (exact) mass is 508 g/mol. The SMILES string of the molecule is COC(=O)[C@@H]1C[C@@H](O[Si](C)(C)C(C)(C)C)CN1C(=O)c1cc(Br)c(Br)[nH]1. The van der Waals surface area contributed by atoms with E-state index in [-0.39, 0.29) is 17.0 Å². The van der Waals surface area contributed by atoms with Gasteiger partial charge in [-0.25, -0.2) is 4.79 Å². The second-order valence-corrected chi connectivity index (χ2v) is 14.5. The smallest absolute Gasteiger partial charge is 0.328 e. The van der Waals surface area contributed by atoms with Crippen molar-refractivity contribution in [3.8, 4) is 0 Å². The van der Waals surface area contributed by atoms with E-state index in [1.165, 1.54) is 7.11 Å². The van der Waals surface area contributed by atoms with Gasteiger partial charge in [0.15, 0.2) is 8.32 Å². The number of aromatic nitrogens is 1. The Morgan fingerprint density at radius 1 is 1.31 bits per heavy atom. The molecule has 0 unspecified atom stereocenters. The Balaban J connectivity index is 2.24. The highest BCUT2D eigenvalue weighted by Gasteiger charge is 2.46. The molecule has 1 fully saturated rings. The molecule has 146 valence electrons. The lowest BCUT2D eigenvalue weighted by molar-refractivity contribution is -0.145. The van der Waals surface area contributed by atoms with Crippen LogP contribution in [0.5, 0.6) is 0 Å². The number of hydrogen-bond donors (Lipinski definition) is 1. The highest BCUT2D eigenvalue weighted by atomic mass is 79.9. The summed E-state index contributed by atoms with van der Waals surface area (Å²) in [7, 11) is -0.664. The Morgan fingerprint density at radius 3 is 2.38 bits per heavy atom. The van der Waals surface area contributed by atoms with Gasteiger partial charge in [-0.1, -0.05) is 20.8 Å². The number of aromatic amines is 1. The third-order valence-corrected chi connectivity index (χ3v) is 11.5. The Bertz CT molecular complexity index is 680. The van der Waals surface area contributed by atoms with E-state index in [9.17, 15) is 9.59 Å². The summed E-state index contributed by atoms with van der Waals surface area (Å²) < 4.78 is 12.8. The number of esters is 1. The van der Waals surface area contributed by atoms with Crippen molar-refractivity contribution in [2.45, 2.75) is 57.5 Å². The van der Waals surface area contributed by atoms with Gasteiger partial charge in [0.1, 0.15) is 11.7 Å². The van der Waals surface area contributed by atoms with Crippen molar-refractivity contribution in [2.24, 2.45) is 0 Å². The first-order chi connectivity index (χ1) is 11.9. The standard InChI is InChI=1S/C17H26Br2N2O4Si/c1-17(2,3)26(5,6)25-10-7-13(16(23)24-4)21(9-10)15(22)12-8-11(18)14(19)20-12/h8,10,13,20H,7,9H2,1-6H3/t10-,13+/m1/s1. The number of carbonyl (C=O) groups excluding carboxylic acids is 2. The number of halogens is 2. The Hall–Kier alpha value is -0.643. The Morgan fingerprint density at radius 2 is 1.92 bits per heavy atom. The van der Waals surface area contributed by atoms with Crippen molar-refractivity contribution in [3.05, 3.63) is 20.8 Å². The molecule has 26 heavy (non-hydrogen) atoms. The summed E-state index contributed by atoms with van der Waals surface area (Å²) in [6.45, 7) is 11.2. The first-order valence-corrected chi connectivity index (χ1v) is 13.0. The fourth-order valence-electron chi connectivity index (χ4n) is 2.73. The lowest BCUT2D eigenvalue weighted by Gasteiger charge is -2.38. The number of hydrogen-bond acceptors (Lipinski definition) is 4. The lowest BCUT2D eigenvalue weighted by Crippen LogP contribution is -2.45. The highest BCUT2D eigenvalue weighted by molar-refractivity contribution is 9.13. The maximum absolute atomic E-state index is 13.0. The second kappa shape index (κ2) is 7.77. The van der Waals surface area contributed by atoms with Crippen molar-refractivity contribution in [1.82, 2.24) is 9.88 Å². The van der Waals surface area contributed by atoms with Crippen LogP contribution in [-0.4, -0.2) is 55.9 Å². The normalized spacial score (nSPS) is 21.2. The molecule has 9 heteroatoms. The van der Waals surface area contributed by atoms with Gasteiger partial charge in [0.25, 0.3) is 5.91 Å². The Kier molecular flexibility index (Phi) is 6.47. The molecular weight excluding hydrogens is 484 g/mol. The van der Waals surface area contributed by atoms with E-state index < -0.39 is 20.3 Å². The van der Waals surface area contributed by atoms with Crippen LogP contribution in [0.2, 0.25) is 18.1 Å². The molecule has 6 nitrogen and oxygen atoms in total. The molecule has 2 atom stereocenters. The molecule has 0 aliphatic carbocycles. The maximum Gasteiger partial charge on any atom is 0.328 e. The third-order valence-electron chi connectivity index (χ3n) is 5.22. The molecule has 1 amide bonds. The number of H-pyrrole nitrogens is 1. The van der Waals surface area contributed by atoms with Crippen LogP contribution in [0.4, 0.5) is 0 Å². The van der Waals surface area contributed by atoms with E-state index in [1.807, 2.05) is 0 Å². The van der Waals surface area contributed by atoms with Gasteiger partial charge in [0, 0.05) is 13.0 Å². The molecule has 1 aliphatic rings. The largest absolute Gasteiger partial charge is 0.467 e. The van der Waals surface area contributed by atoms with Crippen LogP contribution < -0.4 is 0 Å². The molecule has 0 aromatic carbocycles. The summed E-state index contributed by atoms with van der Waals surface area (Å²) in [4.78, 5) is 29.7. The second-order valence-electron chi connectivity index (χ2n) is 8.08. The molecule has 0 bridgehead atoms. The summed E-state index contributed by atoms with van der Waals surface area (Å²) >= 11 is 6.70. The number of methoxy groups -OCH3 is 1. The first-order valence-electron chi connectivity index (χ1n) is 8.48. The van der Waals surface area contributed by atoms with Crippen molar-refractivity contribution in [3.63, 3.8) is 0 Å². The van der Waals surface area contributed by atoms with Gasteiger partial charge in [0.05, 0.1) is 22.3 Å². The van der Waals surface area contributed by atoms with Gasteiger partial charge in [0.2, 0.25) is 0 Å². The molecule has 1 N–H and O–H groups in total. The van der Waals surface area contributed by atoms with Gasteiger partial charge in [-0.15, -0.1) is 0 Å². The van der Waals surface area contributed by atoms with Crippen molar-refractivity contribution < 1.29 is 18.8 Å². The summed E-state index contributed by atoms with van der Waals surface area (Å²) in [5, 5.41) is 0.0559. The topological polar surface area (TPSA) is 71.6 Å². The van der Waals surface area contributed by atoms with E-state index in [1.54, 1.807) is 11.0 Å². The fraction of sp³-hybridized carbons (Fsp3) is 0.647. The van der Waals surface area contributed by atoms with Gasteiger partial charge < -0.3 is 19.0 Å². The molecule has 1 aromatic heterocycles. The number of ether oxygens (including phenoxy) is 1. The first kappa shape index (κ1) is 21.7. The number of likely N-dealkylation sites (tertiary alicyclic amines) is 1. The molecule has 1 aromatic rings. The van der Waals surface area contributed by atoms with Crippen LogP contribution in [0.25, 0.3) is 0 Å². The van der Waals surface area contributed by atoms with E-state index in [2.05, 4.69) is 70.7 Å². The van der Waals surface area contributed by atoms with Crippen LogP contribution in [0.1, 0.15) is 37.7 Å². The number of amides is 1. The zero-order chi connectivity index (χ0) is 19.9. The molecule has 1 saturated heterocycles. The summed E-state index contributed by atoms with van der Waals surface area (Å²) in [6, 6.07) is 1.06. The predicted molar refractivity (Wildman–Crippen MR) is 110 cm³/mol. The van der Waals surface area contributed by atoms with E-state index in [0.717, 1.165) is 4.47 Å². The van der Waals surface area contributed by atoms with Crippen LogP contribution >= 0.6 is 31.9 Å².